The standard InChI is InChI=1S/C18H22O3/c1-4-11-7-9-12(10-8-11)15-17(20)13(5-2)16(19)14(6-3)18(15)21/h7-10,19-21H,4-6H2,1-3H3. The van der Waals surface area contributed by atoms with E-state index in [0.29, 0.717) is 29.5 Å². The Morgan fingerprint density at radius 1 is 0.667 bits per heavy atom. The minimum absolute atomic E-state index is 0.00364. The number of rotatable bonds is 4. The Labute approximate surface area is 125 Å². The number of phenolic OH excluding ortho intramolecular Hbond substituents is 3. The molecule has 2 aromatic rings. The third-order valence-corrected chi connectivity index (χ3v) is 3.97. The van der Waals surface area contributed by atoms with Crippen LogP contribution in [0, 0.1) is 0 Å². The predicted molar refractivity (Wildman–Crippen MR) is 85.0 cm³/mol. The molecule has 112 valence electrons. The van der Waals surface area contributed by atoms with E-state index in [4.69, 9.17) is 0 Å². The van der Waals surface area contributed by atoms with E-state index in [1.54, 1.807) is 0 Å². The summed E-state index contributed by atoms with van der Waals surface area (Å²) in [6.07, 6.45) is 1.95. The molecule has 0 aliphatic carbocycles. The van der Waals surface area contributed by atoms with E-state index in [9.17, 15) is 15.3 Å². The van der Waals surface area contributed by atoms with Crippen LogP contribution in [0.15, 0.2) is 24.3 Å². The second-order valence-corrected chi connectivity index (χ2v) is 5.14. The number of aryl methyl sites for hydroxylation is 1. The molecule has 0 spiro atoms. The molecule has 2 aromatic carbocycles. The van der Waals surface area contributed by atoms with Gasteiger partial charge < -0.3 is 15.3 Å². The first kappa shape index (κ1) is 15.2. The molecule has 0 saturated heterocycles. The topological polar surface area (TPSA) is 60.7 Å². The van der Waals surface area contributed by atoms with Crippen molar-refractivity contribution in [2.75, 3.05) is 0 Å². The molecule has 0 fully saturated rings. The van der Waals surface area contributed by atoms with E-state index < -0.39 is 0 Å². The Balaban J connectivity index is 2.72. The van der Waals surface area contributed by atoms with Crippen molar-refractivity contribution in [2.24, 2.45) is 0 Å². The van der Waals surface area contributed by atoms with Crippen molar-refractivity contribution in [1.29, 1.82) is 0 Å². The minimum Gasteiger partial charge on any atom is -0.507 e. The van der Waals surface area contributed by atoms with Gasteiger partial charge in [-0.1, -0.05) is 45.0 Å². The van der Waals surface area contributed by atoms with E-state index in [0.717, 1.165) is 12.0 Å². The molecule has 0 unspecified atom stereocenters. The van der Waals surface area contributed by atoms with Gasteiger partial charge in [0.1, 0.15) is 17.2 Å². The third-order valence-electron chi connectivity index (χ3n) is 3.97. The molecule has 21 heavy (non-hydrogen) atoms. The summed E-state index contributed by atoms with van der Waals surface area (Å²) in [5, 5.41) is 31.0. The van der Waals surface area contributed by atoms with Crippen molar-refractivity contribution >= 4 is 0 Å². The molecule has 0 radical (unpaired) electrons. The highest BCUT2D eigenvalue weighted by atomic mass is 16.3. The van der Waals surface area contributed by atoms with E-state index in [1.807, 2.05) is 38.1 Å². The molecule has 0 aromatic heterocycles. The molecule has 0 heterocycles. The van der Waals surface area contributed by atoms with Crippen LogP contribution >= 0.6 is 0 Å². The van der Waals surface area contributed by atoms with Gasteiger partial charge in [-0.3, -0.25) is 0 Å². The van der Waals surface area contributed by atoms with Crippen LogP contribution in [0.4, 0.5) is 0 Å². The lowest BCUT2D eigenvalue weighted by Crippen LogP contribution is -1.95. The van der Waals surface area contributed by atoms with Gasteiger partial charge in [0.05, 0.1) is 5.56 Å². The van der Waals surface area contributed by atoms with Gasteiger partial charge in [-0.05, 0) is 30.4 Å². The molecule has 0 amide bonds. The van der Waals surface area contributed by atoms with Crippen LogP contribution in [-0.4, -0.2) is 15.3 Å². The molecule has 0 aliphatic rings. The van der Waals surface area contributed by atoms with Crippen LogP contribution in [0.3, 0.4) is 0 Å². The molecule has 3 N–H and O–H groups in total. The van der Waals surface area contributed by atoms with Gasteiger partial charge in [0, 0.05) is 11.1 Å². The smallest absolute Gasteiger partial charge is 0.134 e. The summed E-state index contributed by atoms with van der Waals surface area (Å²) < 4.78 is 0. The normalized spacial score (nSPS) is 10.8. The maximum absolute atomic E-state index is 10.4. The Bertz CT molecular complexity index is 611. The molecule has 3 heteroatoms. The number of hydrogen-bond donors (Lipinski definition) is 3. The van der Waals surface area contributed by atoms with Gasteiger partial charge in [-0.25, -0.2) is 0 Å². The Morgan fingerprint density at radius 3 is 1.52 bits per heavy atom. The first-order valence-corrected chi connectivity index (χ1v) is 7.42. The monoisotopic (exact) mass is 286 g/mol. The number of hydrogen-bond acceptors (Lipinski definition) is 3. The highest BCUT2D eigenvalue weighted by molar-refractivity contribution is 5.82. The van der Waals surface area contributed by atoms with Crippen LogP contribution in [0.1, 0.15) is 37.5 Å². The first-order valence-electron chi connectivity index (χ1n) is 7.42. The fourth-order valence-corrected chi connectivity index (χ4v) is 2.67. The van der Waals surface area contributed by atoms with Gasteiger partial charge >= 0.3 is 0 Å². The Hall–Kier alpha value is -2.16. The van der Waals surface area contributed by atoms with Gasteiger partial charge in [-0.15, -0.1) is 0 Å². The van der Waals surface area contributed by atoms with E-state index >= 15 is 0 Å². The highest BCUT2D eigenvalue weighted by Crippen LogP contribution is 2.47. The number of phenols is 3. The summed E-state index contributed by atoms with van der Waals surface area (Å²) in [6, 6.07) is 7.75. The van der Waals surface area contributed by atoms with Crippen LogP contribution in [0.25, 0.3) is 11.1 Å². The van der Waals surface area contributed by atoms with E-state index in [-0.39, 0.29) is 17.2 Å². The SMILES string of the molecule is CCc1ccc(-c2c(O)c(CC)c(O)c(CC)c2O)cc1. The van der Waals surface area contributed by atoms with Crippen molar-refractivity contribution in [3.63, 3.8) is 0 Å². The molecular formula is C18H22O3. The van der Waals surface area contributed by atoms with Crippen molar-refractivity contribution < 1.29 is 15.3 Å². The quantitative estimate of drug-likeness (QED) is 0.791. The second kappa shape index (κ2) is 6.08. The maximum atomic E-state index is 10.4. The zero-order valence-corrected chi connectivity index (χ0v) is 12.8. The molecule has 2 rings (SSSR count). The van der Waals surface area contributed by atoms with Crippen molar-refractivity contribution in [1.82, 2.24) is 0 Å². The largest absolute Gasteiger partial charge is 0.507 e. The van der Waals surface area contributed by atoms with Gasteiger partial charge in [0.15, 0.2) is 0 Å². The predicted octanol–water partition coefficient (Wildman–Crippen LogP) is 4.16. The summed E-state index contributed by atoms with van der Waals surface area (Å²) >= 11 is 0. The van der Waals surface area contributed by atoms with Crippen LogP contribution < -0.4 is 0 Å². The first-order chi connectivity index (χ1) is 10.0. The zero-order chi connectivity index (χ0) is 15.6. The zero-order valence-electron chi connectivity index (χ0n) is 12.8. The van der Waals surface area contributed by atoms with Gasteiger partial charge in [0.2, 0.25) is 0 Å². The fourth-order valence-electron chi connectivity index (χ4n) is 2.67. The maximum Gasteiger partial charge on any atom is 0.134 e. The minimum atomic E-state index is -0.0334. The third kappa shape index (κ3) is 2.56. The highest BCUT2D eigenvalue weighted by Gasteiger charge is 2.22. The molecule has 0 aliphatic heterocycles. The average molecular weight is 286 g/mol. The summed E-state index contributed by atoms with van der Waals surface area (Å²) in [6.45, 7) is 5.82. The lowest BCUT2D eigenvalue weighted by atomic mass is 9.93. The second-order valence-electron chi connectivity index (χ2n) is 5.14. The molecule has 0 atom stereocenters. The summed E-state index contributed by atoms with van der Waals surface area (Å²) in [5.74, 6) is -0.0631. The molecule has 0 saturated carbocycles. The van der Waals surface area contributed by atoms with Crippen molar-refractivity contribution in [3.8, 4) is 28.4 Å². The van der Waals surface area contributed by atoms with Gasteiger partial charge in [0.25, 0.3) is 0 Å². The van der Waals surface area contributed by atoms with Crippen LogP contribution in [-0.2, 0) is 19.3 Å². The molecule has 3 nitrogen and oxygen atoms in total. The summed E-state index contributed by atoms with van der Waals surface area (Å²) in [4.78, 5) is 0. The van der Waals surface area contributed by atoms with E-state index in [1.165, 1.54) is 5.56 Å². The summed E-state index contributed by atoms with van der Waals surface area (Å²) in [5.41, 5.74) is 3.33. The number of aromatic hydroxyl groups is 3. The van der Waals surface area contributed by atoms with Crippen molar-refractivity contribution in [3.05, 3.63) is 41.0 Å². The Kier molecular flexibility index (Phi) is 4.41. The van der Waals surface area contributed by atoms with Gasteiger partial charge in [-0.2, -0.15) is 0 Å². The van der Waals surface area contributed by atoms with Crippen LogP contribution in [0.5, 0.6) is 17.2 Å². The number of benzene rings is 2. The van der Waals surface area contributed by atoms with Crippen LogP contribution in [0.2, 0.25) is 0 Å². The summed E-state index contributed by atoms with van der Waals surface area (Å²) in [7, 11) is 0. The fraction of sp³-hybridized carbons (Fsp3) is 0.333. The molecular weight excluding hydrogens is 264 g/mol. The lowest BCUT2D eigenvalue weighted by Gasteiger charge is -2.17. The average Bonchev–Trinajstić information content (AvgIpc) is 2.49. The Morgan fingerprint density at radius 2 is 1.14 bits per heavy atom. The molecule has 0 bridgehead atoms. The lowest BCUT2D eigenvalue weighted by molar-refractivity contribution is 0.414. The van der Waals surface area contributed by atoms with E-state index in [2.05, 4.69) is 6.92 Å². The van der Waals surface area contributed by atoms with Crippen molar-refractivity contribution in [2.45, 2.75) is 40.0 Å².